The van der Waals surface area contributed by atoms with Crippen molar-refractivity contribution in [2.24, 2.45) is 0 Å². The van der Waals surface area contributed by atoms with Gasteiger partial charge in [-0.25, -0.2) is 13.4 Å². The molecule has 8 heteroatoms. The van der Waals surface area contributed by atoms with E-state index in [0.29, 0.717) is 32.9 Å². The summed E-state index contributed by atoms with van der Waals surface area (Å²) in [5.74, 6) is 1.79. The average molecular weight is 423 g/mol. The standard InChI is InChI=1S/C20H26N2O4S2/c1-16-4-5-17(2)19(14-16)26-10-3-13-27-20-7-6-18(15-21-20)28(23,24)22-8-11-25-12-9-22/h4-7,14-15H,3,8-13H2,1-2H3. The van der Waals surface area contributed by atoms with Crippen molar-refractivity contribution in [3.8, 4) is 5.75 Å². The highest BCUT2D eigenvalue weighted by atomic mass is 32.2. The van der Waals surface area contributed by atoms with Crippen molar-refractivity contribution in [2.75, 3.05) is 38.7 Å². The summed E-state index contributed by atoms with van der Waals surface area (Å²) in [7, 11) is -3.48. The number of hydrogen-bond donors (Lipinski definition) is 0. The molecular weight excluding hydrogens is 396 g/mol. The number of sulfonamides is 1. The van der Waals surface area contributed by atoms with Gasteiger partial charge in [0.2, 0.25) is 10.0 Å². The molecule has 0 atom stereocenters. The molecule has 0 unspecified atom stereocenters. The Bertz CT molecular complexity index is 880. The van der Waals surface area contributed by atoms with E-state index in [1.54, 1.807) is 23.9 Å². The predicted molar refractivity (Wildman–Crippen MR) is 111 cm³/mol. The molecule has 1 fully saturated rings. The summed E-state index contributed by atoms with van der Waals surface area (Å²) in [5, 5.41) is 0.813. The Labute approximate surface area is 171 Å². The quantitative estimate of drug-likeness (QED) is 0.480. The van der Waals surface area contributed by atoms with Crippen molar-refractivity contribution in [1.82, 2.24) is 9.29 Å². The van der Waals surface area contributed by atoms with Crippen LogP contribution < -0.4 is 4.74 Å². The summed E-state index contributed by atoms with van der Waals surface area (Å²) in [4.78, 5) is 4.54. The van der Waals surface area contributed by atoms with Crippen molar-refractivity contribution < 1.29 is 17.9 Å². The average Bonchev–Trinajstić information content (AvgIpc) is 2.71. The summed E-state index contributed by atoms with van der Waals surface area (Å²) >= 11 is 1.60. The van der Waals surface area contributed by atoms with E-state index in [2.05, 4.69) is 30.1 Å². The van der Waals surface area contributed by atoms with Gasteiger partial charge < -0.3 is 9.47 Å². The first kappa shape index (κ1) is 21.1. The number of aryl methyl sites for hydroxylation is 2. The van der Waals surface area contributed by atoms with Crippen molar-refractivity contribution in [3.63, 3.8) is 0 Å². The maximum atomic E-state index is 12.6. The Morgan fingerprint density at radius 3 is 2.68 bits per heavy atom. The van der Waals surface area contributed by atoms with E-state index >= 15 is 0 Å². The first-order chi connectivity index (χ1) is 13.5. The molecular formula is C20H26N2O4S2. The van der Waals surface area contributed by atoms with Gasteiger partial charge in [0.05, 0.1) is 24.8 Å². The van der Waals surface area contributed by atoms with Gasteiger partial charge in [-0.1, -0.05) is 12.1 Å². The minimum atomic E-state index is -3.48. The largest absolute Gasteiger partial charge is 0.493 e. The van der Waals surface area contributed by atoms with Gasteiger partial charge in [0, 0.05) is 25.0 Å². The molecule has 1 aliphatic heterocycles. The van der Waals surface area contributed by atoms with Gasteiger partial charge in [0.15, 0.2) is 0 Å². The van der Waals surface area contributed by atoms with E-state index < -0.39 is 10.0 Å². The third-order valence-electron chi connectivity index (χ3n) is 4.46. The lowest BCUT2D eigenvalue weighted by Gasteiger charge is -2.25. The van der Waals surface area contributed by atoms with Gasteiger partial charge in [0.1, 0.15) is 10.6 Å². The summed E-state index contributed by atoms with van der Waals surface area (Å²) in [5.41, 5.74) is 2.32. The zero-order valence-electron chi connectivity index (χ0n) is 16.3. The van der Waals surface area contributed by atoms with Crippen molar-refractivity contribution >= 4 is 21.8 Å². The van der Waals surface area contributed by atoms with E-state index in [0.717, 1.165) is 28.5 Å². The van der Waals surface area contributed by atoms with Gasteiger partial charge in [0.25, 0.3) is 0 Å². The molecule has 0 bridgehead atoms. The number of morpholine rings is 1. The monoisotopic (exact) mass is 422 g/mol. The van der Waals surface area contributed by atoms with Crippen LogP contribution in [0.2, 0.25) is 0 Å². The Hall–Kier alpha value is -1.61. The van der Waals surface area contributed by atoms with Gasteiger partial charge in [-0.2, -0.15) is 4.31 Å². The van der Waals surface area contributed by atoms with E-state index in [9.17, 15) is 8.42 Å². The van der Waals surface area contributed by atoms with Crippen molar-refractivity contribution in [1.29, 1.82) is 0 Å². The molecule has 3 rings (SSSR count). The van der Waals surface area contributed by atoms with Gasteiger partial charge in [-0.05, 0) is 49.6 Å². The van der Waals surface area contributed by atoms with Crippen molar-refractivity contribution in [2.45, 2.75) is 30.2 Å². The van der Waals surface area contributed by atoms with E-state index in [1.807, 2.05) is 6.92 Å². The molecule has 0 spiro atoms. The molecule has 1 aromatic heterocycles. The summed E-state index contributed by atoms with van der Waals surface area (Å²) in [6.45, 7) is 6.38. The fourth-order valence-corrected chi connectivity index (χ4v) is 4.94. The Morgan fingerprint density at radius 2 is 1.96 bits per heavy atom. The zero-order valence-corrected chi connectivity index (χ0v) is 17.9. The van der Waals surface area contributed by atoms with Crippen LogP contribution in [0.3, 0.4) is 0 Å². The number of nitrogens with zero attached hydrogens (tertiary/aromatic N) is 2. The zero-order chi connectivity index (χ0) is 20.0. The summed E-state index contributed by atoms with van der Waals surface area (Å²) in [6.07, 6.45) is 2.33. The maximum absolute atomic E-state index is 12.6. The highest BCUT2D eigenvalue weighted by Gasteiger charge is 2.26. The molecule has 0 N–H and O–H groups in total. The summed E-state index contributed by atoms with van der Waals surface area (Å²) in [6, 6.07) is 9.59. The number of thioether (sulfide) groups is 1. The second-order valence-corrected chi connectivity index (χ2v) is 9.72. The number of aromatic nitrogens is 1. The second-order valence-electron chi connectivity index (χ2n) is 6.67. The molecule has 152 valence electrons. The van der Waals surface area contributed by atoms with Crippen molar-refractivity contribution in [3.05, 3.63) is 47.7 Å². The molecule has 0 saturated carbocycles. The lowest BCUT2D eigenvalue weighted by Crippen LogP contribution is -2.40. The first-order valence-electron chi connectivity index (χ1n) is 9.33. The van der Waals surface area contributed by atoms with Crippen LogP contribution >= 0.6 is 11.8 Å². The maximum Gasteiger partial charge on any atom is 0.244 e. The second kappa shape index (κ2) is 9.73. The molecule has 2 heterocycles. The topological polar surface area (TPSA) is 68.7 Å². The highest BCUT2D eigenvalue weighted by molar-refractivity contribution is 7.99. The molecule has 1 aromatic carbocycles. The van der Waals surface area contributed by atoms with Crippen LogP contribution in [0.1, 0.15) is 17.5 Å². The van der Waals surface area contributed by atoms with Crippen LogP contribution in [0.15, 0.2) is 46.5 Å². The Kier molecular flexibility index (Phi) is 7.34. The highest BCUT2D eigenvalue weighted by Crippen LogP contribution is 2.22. The number of hydrogen-bond acceptors (Lipinski definition) is 6. The predicted octanol–water partition coefficient (Wildman–Crippen LogP) is 3.28. The van der Waals surface area contributed by atoms with Crippen LogP contribution in [0.25, 0.3) is 0 Å². The summed E-state index contributed by atoms with van der Waals surface area (Å²) < 4.78 is 37.7. The van der Waals surface area contributed by atoms with Crippen LogP contribution in [-0.2, 0) is 14.8 Å². The number of rotatable bonds is 8. The molecule has 0 amide bonds. The smallest absolute Gasteiger partial charge is 0.244 e. The normalized spacial score (nSPS) is 15.5. The molecule has 2 aromatic rings. The van der Waals surface area contributed by atoms with Gasteiger partial charge in [-0.15, -0.1) is 11.8 Å². The molecule has 0 aliphatic carbocycles. The number of benzene rings is 1. The van der Waals surface area contributed by atoms with E-state index in [1.165, 1.54) is 16.1 Å². The molecule has 28 heavy (non-hydrogen) atoms. The molecule has 0 radical (unpaired) electrons. The lowest BCUT2D eigenvalue weighted by molar-refractivity contribution is 0.0730. The Morgan fingerprint density at radius 1 is 1.18 bits per heavy atom. The SMILES string of the molecule is Cc1ccc(C)c(OCCCSc2ccc(S(=O)(=O)N3CCOCC3)cn2)c1. The fourth-order valence-electron chi connectivity index (χ4n) is 2.82. The minimum absolute atomic E-state index is 0.233. The van der Waals surface area contributed by atoms with Gasteiger partial charge in [-0.3, -0.25) is 0 Å². The Balaban J connectivity index is 1.46. The third kappa shape index (κ3) is 5.47. The number of pyridine rings is 1. The molecule has 1 aliphatic rings. The van der Waals surface area contributed by atoms with E-state index in [4.69, 9.17) is 9.47 Å². The van der Waals surface area contributed by atoms with Crippen LogP contribution in [-0.4, -0.2) is 56.4 Å². The molecule has 6 nitrogen and oxygen atoms in total. The first-order valence-corrected chi connectivity index (χ1v) is 11.8. The fraction of sp³-hybridized carbons (Fsp3) is 0.450. The van der Waals surface area contributed by atoms with Crippen LogP contribution in [0.5, 0.6) is 5.75 Å². The third-order valence-corrected chi connectivity index (χ3v) is 7.37. The molecule has 1 saturated heterocycles. The van der Waals surface area contributed by atoms with Crippen LogP contribution in [0, 0.1) is 13.8 Å². The minimum Gasteiger partial charge on any atom is -0.493 e. The number of ether oxygens (including phenoxy) is 2. The van der Waals surface area contributed by atoms with E-state index in [-0.39, 0.29) is 4.90 Å². The van der Waals surface area contributed by atoms with Crippen LogP contribution in [0.4, 0.5) is 0 Å². The van der Waals surface area contributed by atoms with Gasteiger partial charge >= 0.3 is 0 Å². The lowest BCUT2D eigenvalue weighted by atomic mass is 10.1.